The van der Waals surface area contributed by atoms with Gasteiger partial charge in [0.2, 0.25) is 0 Å². The standard InChI is InChI=1S/C9H11Cl2NS/c1-4(12)5-2-6(5)7-3-8(10)13-9(7)11/h3-6H,2,12H2,1H3. The van der Waals surface area contributed by atoms with E-state index in [1.165, 1.54) is 16.9 Å². The molecule has 1 saturated carbocycles. The highest BCUT2D eigenvalue weighted by atomic mass is 35.5. The second kappa shape index (κ2) is 3.43. The summed E-state index contributed by atoms with van der Waals surface area (Å²) >= 11 is 13.4. The third kappa shape index (κ3) is 1.86. The molecule has 1 nitrogen and oxygen atoms in total. The highest BCUT2D eigenvalue weighted by Gasteiger charge is 2.42. The minimum absolute atomic E-state index is 0.264. The predicted molar refractivity (Wildman–Crippen MR) is 58.8 cm³/mol. The minimum Gasteiger partial charge on any atom is -0.328 e. The molecule has 1 fully saturated rings. The van der Waals surface area contributed by atoms with E-state index < -0.39 is 0 Å². The maximum Gasteiger partial charge on any atom is 0.0979 e. The van der Waals surface area contributed by atoms with Gasteiger partial charge in [0.15, 0.2) is 0 Å². The molecule has 1 aliphatic carbocycles. The summed E-state index contributed by atoms with van der Waals surface area (Å²) in [4.78, 5) is 0. The highest BCUT2D eigenvalue weighted by Crippen LogP contribution is 2.53. The van der Waals surface area contributed by atoms with Gasteiger partial charge in [-0.15, -0.1) is 11.3 Å². The fourth-order valence-corrected chi connectivity index (χ4v) is 3.36. The third-order valence-electron chi connectivity index (χ3n) is 2.60. The summed E-state index contributed by atoms with van der Waals surface area (Å²) in [7, 11) is 0. The molecule has 4 heteroatoms. The van der Waals surface area contributed by atoms with Crippen LogP contribution >= 0.6 is 34.5 Å². The van der Waals surface area contributed by atoms with Gasteiger partial charge in [0.05, 0.1) is 8.67 Å². The molecule has 3 atom stereocenters. The topological polar surface area (TPSA) is 26.0 Å². The van der Waals surface area contributed by atoms with E-state index in [0.717, 1.165) is 15.1 Å². The second-order valence-electron chi connectivity index (χ2n) is 3.64. The quantitative estimate of drug-likeness (QED) is 0.835. The lowest BCUT2D eigenvalue weighted by Crippen LogP contribution is -2.17. The van der Waals surface area contributed by atoms with Gasteiger partial charge in [-0.2, -0.15) is 0 Å². The van der Waals surface area contributed by atoms with Crippen molar-refractivity contribution in [1.82, 2.24) is 0 Å². The fourth-order valence-electron chi connectivity index (χ4n) is 1.76. The van der Waals surface area contributed by atoms with Crippen molar-refractivity contribution in [3.05, 3.63) is 20.3 Å². The van der Waals surface area contributed by atoms with E-state index in [-0.39, 0.29) is 6.04 Å². The Morgan fingerprint density at radius 1 is 1.62 bits per heavy atom. The summed E-state index contributed by atoms with van der Waals surface area (Å²) in [5, 5.41) is 0. The van der Waals surface area contributed by atoms with Gasteiger partial charge in [0, 0.05) is 6.04 Å². The summed E-state index contributed by atoms with van der Waals surface area (Å²) in [6.45, 7) is 2.05. The molecule has 2 N–H and O–H groups in total. The van der Waals surface area contributed by atoms with Crippen molar-refractivity contribution >= 4 is 34.5 Å². The average Bonchev–Trinajstić information content (AvgIpc) is 2.73. The fraction of sp³-hybridized carbons (Fsp3) is 0.556. The van der Waals surface area contributed by atoms with Crippen LogP contribution in [0, 0.1) is 5.92 Å². The van der Waals surface area contributed by atoms with Crippen molar-refractivity contribution in [2.24, 2.45) is 11.7 Å². The number of hydrogen-bond acceptors (Lipinski definition) is 2. The number of nitrogens with two attached hydrogens (primary N) is 1. The molecule has 0 bridgehead atoms. The van der Waals surface area contributed by atoms with Gasteiger partial charge >= 0.3 is 0 Å². The lowest BCUT2D eigenvalue weighted by atomic mass is 10.1. The number of hydrogen-bond donors (Lipinski definition) is 1. The van der Waals surface area contributed by atoms with Crippen molar-refractivity contribution in [2.75, 3.05) is 0 Å². The van der Waals surface area contributed by atoms with E-state index in [0.29, 0.717) is 11.8 Å². The summed E-state index contributed by atoms with van der Waals surface area (Å²) in [6, 6.07) is 2.24. The van der Waals surface area contributed by atoms with Crippen LogP contribution in [0.5, 0.6) is 0 Å². The van der Waals surface area contributed by atoms with E-state index in [1.54, 1.807) is 0 Å². The lowest BCUT2D eigenvalue weighted by Gasteiger charge is -2.01. The van der Waals surface area contributed by atoms with Crippen LogP contribution in [0.25, 0.3) is 0 Å². The number of halogens is 2. The van der Waals surface area contributed by atoms with Crippen molar-refractivity contribution < 1.29 is 0 Å². The molecule has 1 heterocycles. The van der Waals surface area contributed by atoms with Crippen LogP contribution < -0.4 is 5.73 Å². The van der Waals surface area contributed by atoms with Crippen LogP contribution in [-0.4, -0.2) is 6.04 Å². The van der Waals surface area contributed by atoms with Crippen LogP contribution in [0.3, 0.4) is 0 Å². The normalized spacial score (nSPS) is 28.9. The summed E-state index contributed by atoms with van der Waals surface area (Å²) < 4.78 is 1.61. The first-order chi connectivity index (χ1) is 6.09. The van der Waals surface area contributed by atoms with Gasteiger partial charge in [0.1, 0.15) is 0 Å². The summed E-state index contributed by atoms with van der Waals surface area (Å²) in [5.41, 5.74) is 7.00. The van der Waals surface area contributed by atoms with Crippen molar-refractivity contribution in [2.45, 2.75) is 25.3 Å². The zero-order valence-electron chi connectivity index (χ0n) is 7.26. The molecule has 1 aliphatic rings. The monoisotopic (exact) mass is 235 g/mol. The maximum absolute atomic E-state index is 6.04. The van der Waals surface area contributed by atoms with E-state index in [1.807, 2.05) is 13.0 Å². The number of rotatable bonds is 2. The zero-order valence-corrected chi connectivity index (χ0v) is 9.59. The molecule has 0 amide bonds. The van der Waals surface area contributed by atoms with Gasteiger partial charge < -0.3 is 5.73 Å². The molecule has 0 spiro atoms. The van der Waals surface area contributed by atoms with Gasteiger partial charge in [-0.25, -0.2) is 0 Å². The first kappa shape index (κ1) is 9.78. The largest absolute Gasteiger partial charge is 0.328 e. The Bertz CT molecular complexity index is 321. The molecule has 0 aliphatic heterocycles. The van der Waals surface area contributed by atoms with Gasteiger partial charge in [-0.05, 0) is 36.8 Å². The van der Waals surface area contributed by atoms with Crippen LogP contribution in [0.15, 0.2) is 6.07 Å². The van der Waals surface area contributed by atoms with Crippen LogP contribution in [0.1, 0.15) is 24.8 Å². The minimum atomic E-state index is 0.264. The molecule has 1 aromatic rings. The Hall–Kier alpha value is 0.240. The molecule has 1 aromatic heterocycles. The molecule has 0 aromatic carbocycles. The Balaban J connectivity index is 2.15. The molecule has 0 radical (unpaired) electrons. The van der Waals surface area contributed by atoms with E-state index in [9.17, 15) is 0 Å². The average molecular weight is 236 g/mol. The van der Waals surface area contributed by atoms with Crippen molar-refractivity contribution in [3.63, 3.8) is 0 Å². The van der Waals surface area contributed by atoms with Crippen LogP contribution in [0.2, 0.25) is 8.67 Å². The molecule has 13 heavy (non-hydrogen) atoms. The molecule has 0 saturated heterocycles. The molecular weight excluding hydrogens is 225 g/mol. The first-order valence-corrected chi connectivity index (χ1v) is 5.87. The van der Waals surface area contributed by atoms with Crippen molar-refractivity contribution in [3.8, 4) is 0 Å². The van der Waals surface area contributed by atoms with Gasteiger partial charge in [-0.3, -0.25) is 0 Å². The number of thiophene rings is 1. The Kier molecular flexibility index (Phi) is 2.58. The Morgan fingerprint density at radius 3 is 2.69 bits per heavy atom. The van der Waals surface area contributed by atoms with Crippen molar-refractivity contribution in [1.29, 1.82) is 0 Å². The Morgan fingerprint density at radius 2 is 2.31 bits per heavy atom. The SMILES string of the molecule is CC(N)C1CC1c1cc(Cl)sc1Cl. The molecule has 2 rings (SSSR count). The highest BCUT2D eigenvalue weighted by molar-refractivity contribution is 7.20. The smallest absolute Gasteiger partial charge is 0.0979 e. The lowest BCUT2D eigenvalue weighted by molar-refractivity contribution is 0.632. The van der Waals surface area contributed by atoms with Gasteiger partial charge in [-0.1, -0.05) is 23.2 Å². The molecule has 72 valence electrons. The molecular formula is C9H11Cl2NS. The maximum atomic E-state index is 6.04. The summed E-state index contributed by atoms with van der Waals surface area (Å²) in [6.07, 6.45) is 1.16. The Labute approximate surface area is 91.8 Å². The third-order valence-corrected chi connectivity index (χ3v) is 4.12. The van der Waals surface area contributed by atoms with Crippen LogP contribution in [-0.2, 0) is 0 Å². The molecule has 3 unspecified atom stereocenters. The summed E-state index contributed by atoms with van der Waals surface area (Å²) in [5.74, 6) is 1.15. The zero-order chi connectivity index (χ0) is 9.59. The van der Waals surface area contributed by atoms with E-state index in [2.05, 4.69) is 0 Å². The second-order valence-corrected chi connectivity index (χ2v) is 5.93. The van der Waals surface area contributed by atoms with E-state index in [4.69, 9.17) is 28.9 Å². The van der Waals surface area contributed by atoms with Gasteiger partial charge in [0.25, 0.3) is 0 Å². The van der Waals surface area contributed by atoms with Crippen LogP contribution in [0.4, 0.5) is 0 Å². The van der Waals surface area contributed by atoms with E-state index >= 15 is 0 Å². The predicted octanol–water partition coefficient (Wildman–Crippen LogP) is 3.51. The first-order valence-electron chi connectivity index (χ1n) is 4.30.